The van der Waals surface area contributed by atoms with E-state index in [4.69, 9.17) is 9.47 Å². The molecule has 0 aromatic carbocycles. The van der Waals surface area contributed by atoms with Crippen LogP contribution in [0, 0.1) is 0 Å². The Bertz CT molecular complexity index is 181. The first-order chi connectivity index (χ1) is 4.75. The molecule has 0 spiro atoms. The van der Waals surface area contributed by atoms with E-state index in [2.05, 4.69) is 0 Å². The lowest BCUT2D eigenvalue weighted by Gasteiger charge is -2.15. The van der Waals surface area contributed by atoms with Crippen molar-refractivity contribution in [1.82, 2.24) is 0 Å². The van der Waals surface area contributed by atoms with Crippen LogP contribution in [0.15, 0.2) is 11.3 Å². The fraction of sp³-hybridized carbons (Fsp3) is 0.571. The molecule has 0 aliphatic carbocycles. The molecule has 10 heavy (non-hydrogen) atoms. The summed E-state index contributed by atoms with van der Waals surface area (Å²) >= 11 is 0. The van der Waals surface area contributed by atoms with Gasteiger partial charge in [0.15, 0.2) is 0 Å². The Morgan fingerprint density at radius 2 is 2.30 bits per heavy atom. The van der Waals surface area contributed by atoms with Gasteiger partial charge in [0, 0.05) is 6.42 Å². The molecule has 1 heterocycles. The SMILES string of the molecule is COC1=C(C)CCOC1=O. The lowest BCUT2D eigenvalue weighted by molar-refractivity contribution is -0.144. The van der Waals surface area contributed by atoms with Crippen molar-refractivity contribution >= 4 is 5.97 Å². The van der Waals surface area contributed by atoms with E-state index >= 15 is 0 Å². The number of cyclic esters (lactones) is 1. The second kappa shape index (κ2) is 2.73. The van der Waals surface area contributed by atoms with Gasteiger partial charge in [0.25, 0.3) is 0 Å². The molecule has 0 aromatic heterocycles. The molecular weight excluding hydrogens is 132 g/mol. The lowest BCUT2D eigenvalue weighted by Crippen LogP contribution is -2.17. The predicted molar refractivity (Wildman–Crippen MR) is 35.3 cm³/mol. The molecule has 0 aromatic rings. The third kappa shape index (κ3) is 1.12. The van der Waals surface area contributed by atoms with Gasteiger partial charge < -0.3 is 9.47 Å². The fourth-order valence-electron chi connectivity index (χ4n) is 0.908. The Morgan fingerprint density at radius 1 is 1.60 bits per heavy atom. The van der Waals surface area contributed by atoms with E-state index in [9.17, 15) is 4.79 Å². The summed E-state index contributed by atoms with van der Waals surface area (Å²) in [5.74, 6) is 0.0255. The summed E-state index contributed by atoms with van der Waals surface area (Å²) in [6.45, 7) is 2.36. The van der Waals surface area contributed by atoms with Crippen LogP contribution < -0.4 is 0 Å². The standard InChI is InChI=1S/C7H10O3/c1-5-3-4-10-7(8)6(5)9-2/h3-4H2,1-2H3. The maximum atomic E-state index is 10.8. The highest BCUT2D eigenvalue weighted by Crippen LogP contribution is 2.15. The summed E-state index contributed by atoms with van der Waals surface area (Å²) in [5.41, 5.74) is 0.971. The Labute approximate surface area is 59.6 Å². The van der Waals surface area contributed by atoms with Crippen LogP contribution in [-0.4, -0.2) is 19.7 Å². The van der Waals surface area contributed by atoms with Crippen molar-refractivity contribution in [3.63, 3.8) is 0 Å². The minimum Gasteiger partial charge on any atom is -0.490 e. The number of carbonyl (C=O) groups is 1. The van der Waals surface area contributed by atoms with Crippen molar-refractivity contribution in [2.75, 3.05) is 13.7 Å². The third-order valence-electron chi connectivity index (χ3n) is 1.49. The van der Waals surface area contributed by atoms with Gasteiger partial charge >= 0.3 is 5.97 Å². The van der Waals surface area contributed by atoms with Crippen LogP contribution in [0.2, 0.25) is 0 Å². The van der Waals surface area contributed by atoms with Gasteiger partial charge in [0.05, 0.1) is 13.7 Å². The maximum absolute atomic E-state index is 10.8. The quantitative estimate of drug-likeness (QED) is 0.509. The Morgan fingerprint density at radius 3 is 2.70 bits per heavy atom. The maximum Gasteiger partial charge on any atom is 0.373 e. The predicted octanol–water partition coefficient (Wildman–Crippen LogP) is 0.854. The van der Waals surface area contributed by atoms with Crippen LogP contribution >= 0.6 is 0 Å². The zero-order chi connectivity index (χ0) is 7.56. The van der Waals surface area contributed by atoms with Crippen LogP contribution in [0.5, 0.6) is 0 Å². The highest BCUT2D eigenvalue weighted by molar-refractivity contribution is 5.87. The van der Waals surface area contributed by atoms with Crippen molar-refractivity contribution < 1.29 is 14.3 Å². The topological polar surface area (TPSA) is 35.5 Å². The second-order valence-corrected chi connectivity index (χ2v) is 2.20. The van der Waals surface area contributed by atoms with Crippen molar-refractivity contribution in [2.45, 2.75) is 13.3 Å². The number of ether oxygens (including phenoxy) is 2. The van der Waals surface area contributed by atoms with Crippen LogP contribution in [-0.2, 0) is 14.3 Å². The highest BCUT2D eigenvalue weighted by Gasteiger charge is 2.19. The summed E-state index contributed by atoms with van der Waals surface area (Å²) in [7, 11) is 1.48. The zero-order valence-corrected chi connectivity index (χ0v) is 6.14. The van der Waals surface area contributed by atoms with Crippen LogP contribution in [0.4, 0.5) is 0 Å². The van der Waals surface area contributed by atoms with E-state index in [0.717, 1.165) is 12.0 Å². The van der Waals surface area contributed by atoms with Crippen LogP contribution in [0.1, 0.15) is 13.3 Å². The van der Waals surface area contributed by atoms with Gasteiger partial charge in [-0.15, -0.1) is 0 Å². The first-order valence-electron chi connectivity index (χ1n) is 3.16. The fourth-order valence-corrected chi connectivity index (χ4v) is 0.908. The molecule has 0 N–H and O–H groups in total. The molecule has 0 amide bonds. The van der Waals surface area contributed by atoms with Gasteiger partial charge in [-0.3, -0.25) is 0 Å². The molecule has 0 radical (unpaired) electrons. The molecule has 0 saturated heterocycles. The number of rotatable bonds is 1. The summed E-state index contributed by atoms with van der Waals surface area (Å²) in [4.78, 5) is 10.8. The molecule has 3 nitrogen and oxygen atoms in total. The van der Waals surface area contributed by atoms with Crippen molar-refractivity contribution in [1.29, 1.82) is 0 Å². The first kappa shape index (κ1) is 7.12. The number of methoxy groups -OCH3 is 1. The third-order valence-corrected chi connectivity index (χ3v) is 1.49. The minimum absolute atomic E-state index is 0.341. The number of carbonyl (C=O) groups excluding carboxylic acids is 1. The minimum atomic E-state index is -0.341. The first-order valence-corrected chi connectivity index (χ1v) is 3.16. The molecule has 0 atom stereocenters. The number of esters is 1. The molecule has 1 aliphatic heterocycles. The van der Waals surface area contributed by atoms with Crippen LogP contribution in [0.25, 0.3) is 0 Å². The smallest absolute Gasteiger partial charge is 0.373 e. The van der Waals surface area contributed by atoms with E-state index < -0.39 is 0 Å². The normalized spacial score (nSPS) is 18.8. The van der Waals surface area contributed by atoms with Gasteiger partial charge in [0.1, 0.15) is 0 Å². The van der Waals surface area contributed by atoms with Crippen molar-refractivity contribution in [3.8, 4) is 0 Å². The number of hydrogen-bond acceptors (Lipinski definition) is 3. The lowest BCUT2D eigenvalue weighted by atomic mass is 10.1. The highest BCUT2D eigenvalue weighted by atomic mass is 16.6. The van der Waals surface area contributed by atoms with Gasteiger partial charge in [-0.05, 0) is 12.5 Å². The van der Waals surface area contributed by atoms with Gasteiger partial charge in [-0.25, -0.2) is 4.79 Å². The van der Waals surface area contributed by atoms with E-state index in [1.54, 1.807) is 0 Å². The molecule has 3 heteroatoms. The van der Waals surface area contributed by atoms with Gasteiger partial charge in [-0.1, -0.05) is 0 Å². The summed E-state index contributed by atoms with van der Waals surface area (Å²) in [6.07, 6.45) is 0.787. The van der Waals surface area contributed by atoms with Gasteiger partial charge in [-0.2, -0.15) is 0 Å². The molecule has 0 saturated carbocycles. The van der Waals surface area contributed by atoms with Crippen molar-refractivity contribution in [3.05, 3.63) is 11.3 Å². The van der Waals surface area contributed by atoms with E-state index in [1.807, 2.05) is 6.92 Å². The van der Waals surface area contributed by atoms with E-state index in [-0.39, 0.29) is 5.97 Å². The van der Waals surface area contributed by atoms with E-state index in [1.165, 1.54) is 7.11 Å². The molecule has 0 fully saturated rings. The average molecular weight is 142 g/mol. The summed E-state index contributed by atoms with van der Waals surface area (Å²) in [5, 5.41) is 0. The molecule has 1 rings (SSSR count). The second-order valence-electron chi connectivity index (χ2n) is 2.20. The average Bonchev–Trinajstić information content (AvgIpc) is 1.88. The largest absolute Gasteiger partial charge is 0.490 e. The van der Waals surface area contributed by atoms with Crippen molar-refractivity contribution in [2.24, 2.45) is 0 Å². The molecule has 56 valence electrons. The van der Waals surface area contributed by atoms with E-state index in [0.29, 0.717) is 12.4 Å². The van der Waals surface area contributed by atoms with Gasteiger partial charge in [0.2, 0.25) is 5.76 Å². The number of hydrogen-bond donors (Lipinski definition) is 0. The Balaban J connectivity index is 2.84. The Hall–Kier alpha value is -0.990. The molecule has 1 aliphatic rings. The summed E-state index contributed by atoms with van der Waals surface area (Å²) in [6, 6.07) is 0. The monoisotopic (exact) mass is 142 g/mol. The molecule has 0 unspecified atom stereocenters. The zero-order valence-electron chi connectivity index (χ0n) is 6.14. The molecular formula is C7H10O3. The summed E-state index contributed by atoms with van der Waals surface area (Å²) < 4.78 is 9.55. The Kier molecular flexibility index (Phi) is 1.94. The van der Waals surface area contributed by atoms with Crippen LogP contribution in [0.3, 0.4) is 0 Å². The molecule has 0 bridgehead atoms.